The van der Waals surface area contributed by atoms with E-state index < -0.39 is 97.5 Å². The number of carbonyl (C=O) groups excluding carboxylic acids is 4. The molecule has 0 fully saturated rings. The second-order valence-electron chi connectivity index (χ2n) is 32.8. The highest BCUT2D eigenvalue weighted by Crippen LogP contribution is 2.45. The first-order valence-electron chi connectivity index (χ1n) is 45.4. The Morgan fingerprint density at radius 1 is 0.271 bits per heavy atom. The summed E-state index contributed by atoms with van der Waals surface area (Å²) in [6.07, 6.45) is 69.4. The SMILES string of the molecule is CCCCCCCCCCCCC(=O)OC[C@H](COP(=O)(O)OC[C@H](O)COP(=O)(O)OC[C@@H](COC(=O)CCCCCCCCCCCCCCCCCC(C)C)OC(=O)CCCCCCCCCCCCCCCCCCCCC(C)CC)OC(=O)CCCCCCCCCCCCCCCCC(C)C. The number of aliphatic hydroxyl groups excluding tert-OH is 1. The molecule has 0 saturated carbocycles. The van der Waals surface area contributed by atoms with Crippen LogP contribution in [-0.4, -0.2) is 96.7 Å². The van der Waals surface area contributed by atoms with E-state index in [2.05, 4.69) is 48.5 Å². The highest BCUT2D eigenvalue weighted by Gasteiger charge is 2.31. The molecule has 3 unspecified atom stereocenters. The van der Waals surface area contributed by atoms with E-state index in [1.165, 1.54) is 276 Å². The average Bonchev–Trinajstić information content (AvgIpc) is 0.915. The van der Waals surface area contributed by atoms with Crippen LogP contribution in [-0.2, 0) is 65.4 Å². The zero-order valence-corrected chi connectivity index (χ0v) is 72.4. The van der Waals surface area contributed by atoms with Crippen molar-refractivity contribution < 1.29 is 80.2 Å². The second-order valence-corrected chi connectivity index (χ2v) is 35.7. The Bertz CT molecular complexity index is 2060. The van der Waals surface area contributed by atoms with Crippen LogP contribution in [0, 0.1) is 17.8 Å². The van der Waals surface area contributed by atoms with Crippen LogP contribution in [0.2, 0.25) is 0 Å². The van der Waals surface area contributed by atoms with E-state index in [1.54, 1.807) is 0 Å². The maximum absolute atomic E-state index is 13.2. The molecule has 0 spiro atoms. The minimum Gasteiger partial charge on any atom is -0.462 e. The summed E-state index contributed by atoms with van der Waals surface area (Å²) in [7, 11) is -9.93. The first kappa shape index (κ1) is 105. The fourth-order valence-corrected chi connectivity index (χ4v) is 15.3. The van der Waals surface area contributed by atoms with Gasteiger partial charge in [0.15, 0.2) is 12.2 Å². The molecular formula is C88H172O17P2. The zero-order chi connectivity index (χ0) is 78.6. The highest BCUT2D eigenvalue weighted by atomic mass is 31.2. The van der Waals surface area contributed by atoms with E-state index in [-0.39, 0.29) is 25.7 Å². The molecule has 6 atom stereocenters. The molecule has 0 rings (SSSR count). The van der Waals surface area contributed by atoms with Crippen LogP contribution in [0.3, 0.4) is 0 Å². The van der Waals surface area contributed by atoms with Crippen LogP contribution in [0.5, 0.6) is 0 Å². The van der Waals surface area contributed by atoms with Gasteiger partial charge in [-0.05, 0) is 43.4 Å². The van der Waals surface area contributed by atoms with Crippen molar-refractivity contribution >= 4 is 39.5 Å². The molecule has 19 heteroatoms. The van der Waals surface area contributed by atoms with Crippen molar-refractivity contribution in [2.24, 2.45) is 17.8 Å². The van der Waals surface area contributed by atoms with Crippen LogP contribution >= 0.6 is 15.6 Å². The normalized spacial score (nSPS) is 14.1. The van der Waals surface area contributed by atoms with Crippen molar-refractivity contribution in [3.05, 3.63) is 0 Å². The van der Waals surface area contributed by atoms with Gasteiger partial charge in [-0.3, -0.25) is 37.3 Å². The molecule has 17 nitrogen and oxygen atoms in total. The maximum Gasteiger partial charge on any atom is 0.472 e. The lowest BCUT2D eigenvalue weighted by molar-refractivity contribution is -0.161. The van der Waals surface area contributed by atoms with Gasteiger partial charge in [0.25, 0.3) is 0 Å². The van der Waals surface area contributed by atoms with Crippen molar-refractivity contribution in [2.45, 2.75) is 484 Å². The summed E-state index contributed by atoms with van der Waals surface area (Å²) in [6, 6.07) is 0. The molecule has 0 heterocycles. The summed E-state index contributed by atoms with van der Waals surface area (Å²) >= 11 is 0. The zero-order valence-electron chi connectivity index (χ0n) is 70.6. The number of hydrogen-bond donors (Lipinski definition) is 3. The van der Waals surface area contributed by atoms with Gasteiger partial charge in [0.1, 0.15) is 19.3 Å². The van der Waals surface area contributed by atoms with Crippen molar-refractivity contribution in [3.8, 4) is 0 Å². The Labute approximate surface area is 658 Å². The van der Waals surface area contributed by atoms with E-state index >= 15 is 0 Å². The van der Waals surface area contributed by atoms with Gasteiger partial charge in [-0.1, -0.05) is 414 Å². The number of unbranched alkanes of at least 4 members (excludes halogenated alkanes) is 53. The fraction of sp³-hybridized carbons (Fsp3) is 0.955. The minimum atomic E-state index is -4.97. The molecule has 0 radical (unpaired) electrons. The Hall–Kier alpha value is -1.94. The molecule has 0 aliphatic heterocycles. The number of hydrogen-bond acceptors (Lipinski definition) is 15. The predicted molar refractivity (Wildman–Crippen MR) is 441 cm³/mol. The highest BCUT2D eigenvalue weighted by molar-refractivity contribution is 7.47. The van der Waals surface area contributed by atoms with Crippen molar-refractivity contribution in [1.82, 2.24) is 0 Å². The molecule has 0 amide bonds. The number of esters is 4. The Balaban J connectivity index is 5.22. The second kappa shape index (κ2) is 78.0. The monoisotopic (exact) mass is 1560 g/mol. The standard InChI is InChI=1S/C88H172O17P2/c1-8-10-11-12-13-14-41-48-55-62-69-85(90)98-75-83(104-88(93)72-65-58-51-44-37-31-25-24-27-33-39-46-53-60-67-80(5)6)77-102-106(94,95)100-73-82(89)74-101-107(96,97)103-78-84(76-99-86(91)70-63-56-49-42-35-29-23-19-20-26-32-38-45-52-59-66-79(3)4)105-87(92)71-64-57-50-43-36-30-22-18-16-15-17-21-28-34-40-47-54-61-68-81(7)9-2/h79-84,89H,8-78H2,1-7H3,(H,94,95)(H,96,97)/t81?,82-,83+,84+/m0/s1. The molecule has 0 aromatic rings. The van der Waals surface area contributed by atoms with Crippen LogP contribution in [0.1, 0.15) is 466 Å². The van der Waals surface area contributed by atoms with Crippen molar-refractivity contribution in [3.63, 3.8) is 0 Å². The van der Waals surface area contributed by atoms with Gasteiger partial charge in [0.2, 0.25) is 0 Å². The summed E-state index contributed by atoms with van der Waals surface area (Å²) in [6.45, 7) is 12.1. The quantitative estimate of drug-likeness (QED) is 0.0222. The Morgan fingerprint density at radius 3 is 0.710 bits per heavy atom. The number of phosphoric ester groups is 2. The van der Waals surface area contributed by atoms with Gasteiger partial charge in [0, 0.05) is 25.7 Å². The van der Waals surface area contributed by atoms with Crippen LogP contribution in [0.25, 0.3) is 0 Å². The smallest absolute Gasteiger partial charge is 0.462 e. The molecule has 636 valence electrons. The van der Waals surface area contributed by atoms with Gasteiger partial charge in [-0.15, -0.1) is 0 Å². The van der Waals surface area contributed by atoms with Crippen LogP contribution in [0.4, 0.5) is 0 Å². The maximum atomic E-state index is 13.2. The van der Waals surface area contributed by atoms with E-state index in [0.29, 0.717) is 25.7 Å². The topological polar surface area (TPSA) is 237 Å². The van der Waals surface area contributed by atoms with Gasteiger partial charge in [-0.25, -0.2) is 9.13 Å². The third kappa shape index (κ3) is 80.5. The minimum absolute atomic E-state index is 0.108. The van der Waals surface area contributed by atoms with Gasteiger partial charge in [0.05, 0.1) is 26.4 Å². The lowest BCUT2D eigenvalue weighted by Gasteiger charge is -2.21. The average molecular weight is 1560 g/mol. The summed E-state index contributed by atoms with van der Waals surface area (Å²) in [4.78, 5) is 73.3. The summed E-state index contributed by atoms with van der Waals surface area (Å²) in [5, 5.41) is 10.7. The number of phosphoric acid groups is 2. The van der Waals surface area contributed by atoms with Crippen LogP contribution in [0.15, 0.2) is 0 Å². The molecule has 107 heavy (non-hydrogen) atoms. The van der Waals surface area contributed by atoms with Crippen molar-refractivity contribution in [2.75, 3.05) is 39.6 Å². The number of carbonyl (C=O) groups is 4. The Morgan fingerprint density at radius 2 is 0.477 bits per heavy atom. The molecule has 3 N–H and O–H groups in total. The molecule has 0 aliphatic carbocycles. The fourth-order valence-electron chi connectivity index (χ4n) is 13.7. The number of rotatable bonds is 86. The Kier molecular flexibility index (Phi) is 76.6. The van der Waals surface area contributed by atoms with Gasteiger partial charge >= 0.3 is 39.5 Å². The summed E-state index contributed by atoms with van der Waals surface area (Å²) in [5.74, 6) is 0.371. The molecule has 0 aromatic heterocycles. The molecule has 0 aromatic carbocycles. The van der Waals surface area contributed by atoms with Gasteiger partial charge < -0.3 is 33.8 Å². The van der Waals surface area contributed by atoms with E-state index in [9.17, 15) is 43.2 Å². The number of aliphatic hydroxyl groups is 1. The van der Waals surface area contributed by atoms with E-state index in [4.69, 9.17) is 37.0 Å². The van der Waals surface area contributed by atoms with E-state index in [1.807, 2.05) is 0 Å². The first-order valence-corrected chi connectivity index (χ1v) is 48.4. The van der Waals surface area contributed by atoms with Crippen molar-refractivity contribution in [1.29, 1.82) is 0 Å². The third-order valence-corrected chi connectivity index (χ3v) is 22.9. The third-order valence-electron chi connectivity index (χ3n) is 21.0. The molecular weight excluding hydrogens is 1390 g/mol. The summed E-state index contributed by atoms with van der Waals surface area (Å²) < 4.78 is 68.9. The number of ether oxygens (including phenoxy) is 4. The first-order chi connectivity index (χ1) is 51.8. The predicted octanol–water partition coefficient (Wildman–Crippen LogP) is 26.9. The van der Waals surface area contributed by atoms with Crippen LogP contribution < -0.4 is 0 Å². The largest absolute Gasteiger partial charge is 0.472 e. The molecule has 0 aliphatic rings. The van der Waals surface area contributed by atoms with E-state index in [0.717, 1.165) is 108 Å². The van der Waals surface area contributed by atoms with Gasteiger partial charge in [-0.2, -0.15) is 0 Å². The summed E-state index contributed by atoms with van der Waals surface area (Å²) in [5.41, 5.74) is 0. The molecule has 0 saturated heterocycles. The molecule has 0 bridgehead atoms. The lowest BCUT2D eigenvalue weighted by atomic mass is 9.99. The lowest BCUT2D eigenvalue weighted by Crippen LogP contribution is -2.30.